The van der Waals surface area contributed by atoms with E-state index in [0.717, 1.165) is 12.5 Å². The molecular formula is C15H22N2. The molecule has 2 nitrogen and oxygen atoms in total. The van der Waals surface area contributed by atoms with E-state index in [-0.39, 0.29) is 0 Å². The highest BCUT2D eigenvalue weighted by molar-refractivity contribution is 5.29. The molecule has 0 radical (unpaired) electrons. The van der Waals surface area contributed by atoms with Gasteiger partial charge in [0.2, 0.25) is 0 Å². The van der Waals surface area contributed by atoms with Gasteiger partial charge in [-0.2, -0.15) is 0 Å². The monoisotopic (exact) mass is 230 g/mol. The van der Waals surface area contributed by atoms with E-state index in [1.54, 1.807) is 5.56 Å². The second-order valence-electron chi connectivity index (χ2n) is 5.70. The van der Waals surface area contributed by atoms with Gasteiger partial charge in [0.25, 0.3) is 0 Å². The summed E-state index contributed by atoms with van der Waals surface area (Å²) in [7, 11) is 0. The van der Waals surface area contributed by atoms with Crippen LogP contribution in [-0.4, -0.2) is 30.6 Å². The number of nitrogens with one attached hydrogen (secondary N) is 1. The minimum absolute atomic E-state index is 0.648. The van der Waals surface area contributed by atoms with Gasteiger partial charge in [0.1, 0.15) is 0 Å². The summed E-state index contributed by atoms with van der Waals surface area (Å²) in [5, 5.41) is 3.68. The topological polar surface area (TPSA) is 15.3 Å². The molecule has 0 bridgehead atoms. The van der Waals surface area contributed by atoms with Crippen LogP contribution in [0.1, 0.15) is 24.5 Å². The average Bonchev–Trinajstić information content (AvgIpc) is 2.75. The third-order valence-electron chi connectivity index (χ3n) is 4.15. The molecule has 1 fully saturated rings. The van der Waals surface area contributed by atoms with Crippen LogP contribution in [0.2, 0.25) is 0 Å². The molecule has 1 aromatic carbocycles. The van der Waals surface area contributed by atoms with Crippen molar-refractivity contribution in [3.05, 3.63) is 35.4 Å². The summed E-state index contributed by atoms with van der Waals surface area (Å²) in [5.74, 6) is 0.894. The lowest BCUT2D eigenvalue weighted by atomic mass is 9.96. The summed E-state index contributed by atoms with van der Waals surface area (Å²) in [5.41, 5.74) is 3.03. The molecule has 3 rings (SSSR count). The molecule has 2 aliphatic rings. The van der Waals surface area contributed by atoms with Crippen LogP contribution in [0.25, 0.3) is 0 Å². The maximum Gasteiger partial charge on any atom is 0.0238 e. The average molecular weight is 230 g/mol. The van der Waals surface area contributed by atoms with Crippen LogP contribution in [0, 0.1) is 5.92 Å². The quantitative estimate of drug-likeness (QED) is 0.836. The Balaban J connectivity index is 1.61. The molecule has 0 aliphatic carbocycles. The van der Waals surface area contributed by atoms with Crippen LogP contribution in [0.15, 0.2) is 24.3 Å². The molecule has 1 aromatic rings. The molecule has 1 saturated heterocycles. The molecule has 0 unspecified atom stereocenters. The number of hydrogen-bond donors (Lipinski definition) is 1. The molecule has 0 aromatic heterocycles. The van der Waals surface area contributed by atoms with Crippen LogP contribution in [0.4, 0.5) is 0 Å². The highest BCUT2D eigenvalue weighted by Crippen LogP contribution is 2.19. The molecule has 0 amide bonds. The van der Waals surface area contributed by atoms with Crippen molar-refractivity contribution in [1.29, 1.82) is 0 Å². The van der Waals surface area contributed by atoms with Crippen molar-refractivity contribution in [3.8, 4) is 0 Å². The van der Waals surface area contributed by atoms with Gasteiger partial charge in [0, 0.05) is 25.7 Å². The Morgan fingerprint density at radius 3 is 2.88 bits per heavy atom. The molecule has 17 heavy (non-hydrogen) atoms. The number of likely N-dealkylation sites (tertiary alicyclic amines) is 1. The number of hydrogen-bond acceptors (Lipinski definition) is 2. The Hall–Kier alpha value is -0.860. The summed E-state index contributed by atoms with van der Waals surface area (Å²) >= 11 is 0. The highest BCUT2D eigenvalue weighted by atomic mass is 15.2. The normalized spacial score (nSPS) is 29.2. The zero-order valence-electron chi connectivity index (χ0n) is 10.7. The van der Waals surface area contributed by atoms with Crippen molar-refractivity contribution in [2.75, 3.05) is 19.6 Å². The lowest BCUT2D eigenvalue weighted by Crippen LogP contribution is -2.44. The molecular weight excluding hydrogens is 208 g/mol. The molecule has 0 spiro atoms. The predicted octanol–water partition coefficient (Wildman–Crippen LogP) is 2.04. The maximum atomic E-state index is 3.68. The first-order valence-electron chi connectivity index (χ1n) is 6.84. The lowest BCUT2D eigenvalue weighted by molar-refractivity contribution is 0.275. The van der Waals surface area contributed by atoms with Gasteiger partial charge >= 0.3 is 0 Å². The van der Waals surface area contributed by atoms with Gasteiger partial charge in [0.15, 0.2) is 0 Å². The molecule has 2 aliphatic heterocycles. The fourth-order valence-corrected chi connectivity index (χ4v) is 3.15. The predicted molar refractivity (Wildman–Crippen MR) is 71.0 cm³/mol. The zero-order valence-corrected chi connectivity index (χ0v) is 10.7. The van der Waals surface area contributed by atoms with E-state index in [1.807, 2.05) is 0 Å². The van der Waals surface area contributed by atoms with Gasteiger partial charge in [0.05, 0.1) is 0 Å². The zero-order chi connectivity index (χ0) is 11.7. The van der Waals surface area contributed by atoms with Crippen LogP contribution in [-0.2, 0) is 13.0 Å². The van der Waals surface area contributed by atoms with E-state index < -0.39 is 0 Å². The molecule has 1 N–H and O–H groups in total. The Kier molecular flexibility index (Phi) is 3.17. The van der Waals surface area contributed by atoms with Gasteiger partial charge in [-0.15, -0.1) is 0 Å². The van der Waals surface area contributed by atoms with Crippen molar-refractivity contribution in [2.24, 2.45) is 5.92 Å². The van der Waals surface area contributed by atoms with E-state index in [1.165, 1.54) is 38.0 Å². The summed E-state index contributed by atoms with van der Waals surface area (Å²) in [4.78, 5) is 2.62. The van der Waals surface area contributed by atoms with Crippen LogP contribution in [0.3, 0.4) is 0 Å². The van der Waals surface area contributed by atoms with Crippen molar-refractivity contribution in [2.45, 2.75) is 32.4 Å². The summed E-state index contributed by atoms with van der Waals surface area (Å²) in [6.45, 7) is 7.22. The minimum atomic E-state index is 0.648. The number of rotatable bonds is 2. The minimum Gasteiger partial charge on any atom is -0.308 e. The van der Waals surface area contributed by atoms with Crippen LogP contribution < -0.4 is 5.32 Å². The smallest absolute Gasteiger partial charge is 0.0238 e. The van der Waals surface area contributed by atoms with E-state index in [4.69, 9.17) is 0 Å². The van der Waals surface area contributed by atoms with Crippen molar-refractivity contribution in [3.63, 3.8) is 0 Å². The van der Waals surface area contributed by atoms with E-state index in [2.05, 4.69) is 41.4 Å². The number of nitrogens with zero attached hydrogens (tertiary/aromatic N) is 1. The standard InChI is InChI=1S/C15H22N2/c1-12-6-7-17(10-12)11-15-8-13-4-2-3-5-14(13)9-16-15/h2-5,12,15-16H,6-11H2,1H3/t12-,15+/m1/s1. The van der Waals surface area contributed by atoms with Gasteiger partial charge in [-0.05, 0) is 36.4 Å². The molecule has 0 saturated carbocycles. The van der Waals surface area contributed by atoms with Gasteiger partial charge in [-0.1, -0.05) is 31.2 Å². The first-order valence-corrected chi connectivity index (χ1v) is 6.84. The molecule has 2 atom stereocenters. The third kappa shape index (κ3) is 2.53. The SMILES string of the molecule is C[C@@H]1CCN(C[C@@H]2Cc3ccccc3CN2)C1. The van der Waals surface area contributed by atoms with Crippen molar-refractivity contribution in [1.82, 2.24) is 10.2 Å². The second-order valence-corrected chi connectivity index (χ2v) is 5.70. The number of fused-ring (bicyclic) bond motifs is 1. The van der Waals surface area contributed by atoms with Crippen LogP contribution in [0.5, 0.6) is 0 Å². The van der Waals surface area contributed by atoms with Crippen molar-refractivity contribution < 1.29 is 0 Å². The van der Waals surface area contributed by atoms with Crippen LogP contribution >= 0.6 is 0 Å². The Bertz CT molecular complexity index is 388. The van der Waals surface area contributed by atoms with Gasteiger partial charge in [-0.3, -0.25) is 0 Å². The number of benzene rings is 1. The molecule has 2 heteroatoms. The lowest BCUT2D eigenvalue weighted by Gasteiger charge is -2.29. The maximum absolute atomic E-state index is 3.68. The van der Waals surface area contributed by atoms with Gasteiger partial charge in [-0.25, -0.2) is 0 Å². The van der Waals surface area contributed by atoms with E-state index in [0.29, 0.717) is 6.04 Å². The van der Waals surface area contributed by atoms with Crippen molar-refractivity contribution >= 4 is 0 Å². The Morgan fingerprint density at radius 2 is 2.12 bits per heavy atom. The fraction of sp³-hybridized carbons (Fsp3) is 0.600. The summed E-state index contributed by atoms with van der Waals surface area (Å²) in [6.07, 6.45) is 2.57. The third-order valence-corrected chi connectivity index (χ3v) is 4.15. The molecule has 2 heterocycles. The highest BCUT2D eigenvalue weighted by Gasteiger charge is 2.24. The fourth-order valence-electron chi connectivity index (χ4n) is 3.15. The first kappa shape index (κ1) is 11.2. The van der Waals surface area contributed by atoms with E-state index in [9.17, 15) is 0 Å². The molecule has 92 valence electrons. The largest absolute Gasteiger partial charge is 0.308 e. The Morgan fingerprint density at radius 1 is 1.29 bits per heavy atom. The first-order chi connectivity index (χ1) is 8.31. The van der Waals surface area contributed by atoms with E-state index >= 15 is 0 Å². The summed E-state index contributed by atoms with van der Waals surface area (Å²) < 4.78 is 0. The Labute approximate surface area is 104 Å². The van der Waals surface area contributed by atoms with Gasteiger partial charge < -0.3 is 10.2 Å². The summed E-state index contributed by atoms with van der Waals surface area (Å²) in [6, 6.07) is 9.49. The second kappa shape index (κ2) is 4.79.